The van der Waals surface area contributed by atoms with Gasteiger partial charge in [-0.2, -0.15) is 0 Å². The number of hydrogen-bond donors (Lipinski definition) is 0. The van der Waals surface area contributed by atoms with Gasteiger partial charge in [0.25, 0.3) is 0 Å². The Morgan fingerprint density at radius 3 is 1.65 bits per heavy atom. The van der Waals surface area contributed by atoms with Gasteiger partial charge in [0.2, 0.25) is 0 Å². The van der Waals surface area contributed by atoms with Crippen molar-refractivity contribution < 1.29 is 0 Å². The average Bonchev–Trinajstić information content (AvgIpc) is 2.98. The van der Waals surface area contributed by atoms with E-state index in [0.717, 1.165) is 12.8 Å². The van der Waals surface area contributed by atoms with Crippen LogP contribution in [-0.4, -0.2) is 0 Å². The van der Waals surface area contributed by atoms with Gasteiger partial charge in [0.1, 0.15) is 0 Å². The fraction of sp³-hybridized carbons (Fsp3) is 0.176. The van der Waals surface area contributed by atoms with Gasteiger partial charge in [-0.3, -0.25) is 0 Å². The second kappa shape index (κ2) is 3.10. The molecule has 0 N–H and O–H groups in total. The van der Waals surface area contributed by atoms with Crippen molar-refractivity contribution in [2.24, 2.45) is 0 Å². The minimum atomic E-state index is 0.243. The molecule has 0 aromatic heterocycles. The molecule has 2 aliphatic carbocycles. The van der Waals surface area contributed by atoms with Crippen LogP contribution in [0.25, 0.3) is 11.1 Å². The Bertz CT molecular complexity index is 564. The first kappa shape index (κ1) is 9.23. The Labute approximate surface area is 102 Å². The topological polar surface area (TPSA) is 0 Å². The third-order valence-electron chi connectivity index (χ3n) is 4.27. The highest BCUT2D eigenvalue weighted by molar-refractivity contribution is 5.81. The molecular weight excluding hydrogens is 204 g/mol. The summed E-state index contributed by atoms with van der Waals surface area (Å²) in [5.41, 5.74) is 6.16. The third-order valence-corrected chi connectivity index (χ3v) is 4.27. The summed E-state index contributed by atoms with van der Waals surface area (Å²) >= 11 is 0. The predicted octanol–water partition coefficient (Wildman–Crippen LogP) is 4.30. The Kier molecular flexibility index (Phi) is 1.69. The van der Waals surface area contributed by atoms with Crippen molar-refractivity contribution in [3.05, 3.63) is 71.8 Å². The van der Waals surface area contributed by atoms with E-state index in [1.165, 1.54) is 22.3 Å². The molecule has 0 fully saturated rings. The van der Waals surface area contributed by atoms with E-state index in [-0.39, 0.29) is 5.41 Å². The molecule has 0 bridgehead atoms. The van der Waals surface area contributed by atoms with Gasteiger partial charge in [0.05, 0.1) is 0 Å². The summed E-state index contributed by atoms with van der Waals surface area (Å²) in [6.45, 7) is 0. The highest BCUT2D eigenvalue weighted by Crippen LogP contribution is 2.54. The van der Waals surface area contributed by atoms with Crippen LogP contribution in [0, 0.1) is 0 Å². The number of allylic oxidation sites excluding steroid dienone is 2. The lowest BCUT2D eigenvalue weighted by Crippen LogP contribution is -2.20. The van der Waals surface area contributed by atoms with Gasteiger partial charge in [-0.25, -0.2) is 0 Å². The lowest BCUT2D eigenvalue weighted by atomic mass is 9.76. The Morgan fingerprint density at radius 2 is 1.12 bits per heavy atom. The highest BCUT2D eigenvalue weighted by Gasteiger charge is 2.42. The van der Waals surface area contributed by atoms with Gasteiger partial charge in [-0.1, -0.05) is 60.7 Å². The van der Waals surface area contributed by atoms with E-state index in [9.17, 15) is 0 Å². The van der Waals surface area contributed by atoms with Gasteiger partial charge in [-0.05, 0) is 35.1 Å². The molecule has 0 amide bonds. The largest absolute Gasteiger partial charge is 0.0873 e. The Balaban J connectivity index is 2.10. The number of fused-ring (bicyclic) bond motifs is 5. The summed E-state index contributed by atoms with van der Waals surface area (Å²) in [7, 11) is 0. The molecule has 0 heterocycles. The third kappa shape index (κ3) is 1.03. The normalized spacial score (nSPS) is 18.4. The van der Waals surface area contributed by atoms with Crippen molar-refractivity contribution in [1.29, 1.82) is 0 Å². The fourth-order valence-corrected chi connectivity index (χ4v) is 3.51. The smallest absolute Gasteiger partial charge is 0.0283 e. The maximum Gasteiger partial charge on any atom is 0.0283 e. The fourth-order valence-electron chi connectivity index (χ4n) is 3.51. The van der Waals surface area contributed by atoms with Crippen LogP contribution in [0.15, 0.2) is 60.7 Å². The number of benzene rings is 2. The first-order valence-corrected chi connectivity index (χ1v) is 6.26. The van der Waals surface area contributed by atoms with Crippen LogP contribution >= 0.6 is 0 Å². The monoisotopic (exact) mass is 218 g/mol. The van der Waals surface area contributed by atoms with Crippen LogP contribution in [-0.2, 0) is 5.41 Å². The van der Waals surface area contributed by atoms with Crippen LogP contribution in [0.5, 0.6) is 0 Å². The second-order valence-electron chi connectivity index (χ2n) is 5.05. The SMILES string of the molecule is C1=CCC2(C1)c1ccccc1-c1ccccc12. The second-order valence-corrected chi connectivity index (χ2v) is 5.05. The summed E-state index contributed by atoms with van der Waals surface area (Å²) in [6.07, 6.45) is 6.97. The van der Waals surface area contributed by atoms with Crippen LogP contribution < -0.4 is 0 Å². The minimum Gasteiger partial charge on any atom is -0.0873 e. The summed E-state index contributed by atoms with van der Waals surface area (Å²) in [4.78, 5) is 0. The quantitative estimate of drug-likeness (QED) is 0.578. The molecule has 2 aromatic carbocycles. The molecular formula is C17H14. The molecule has 0 atom stereocenters. The zero-order valence-corrected chi connectivity index (χ0v) is 9.69. The Hall–Kier alpha value is -1.82. The molecule has 4 rings (SSSR count). The van der Waals surface area contributed by atoms with Crippen molar-refractivity contribution in [3.8, 4) is 11.1 Å². The first-order chi connectivity index (χ1) is 8.42. The maximum atomic E-state index is 2.33. The molecule has 2 aromatic rings. The summed E-state index contributed by atoms with van der Waals surface area (Å²) in [5.74, 6) is 0. The van der Waals surface area contributed by atoms with Gasteiger partial charge < -0.3 is 0 Å². The molecule has 1 spiro atoms. The van der Waals surface area contributed by atoms with E-state index in [1.807, 2.05) is 0 Å². The maximum absolute atomic E-state index is 2.33. The van der Waals surface area contributed by atoms with E-state index < -0.39 is 0 Å². The lowest BCUT2D eigenvalue weighted by Gasteiger charge is -2.26. The Morgan fingerprint density at radius 1 is 0.647 bits per heavy atom. The van der Waals surface area contributed by atoms with Crippen molar-refractivity contribution in [2.75, 3.05) is 0 Å². The summed E-state index contributed by atoms with van der Waals surface area (Å²) < 4.78 is 0. The standard InChI is InChI=1S/C17H14/c1-3-9-15-13(7-1)14-8-2-4-10-16(14)17(15)11-5-6-12-17/h1-10H,11-12H2. The molecule has 0 nitrogen and oxygen atoms in total. The van der Waals surface area contributed by atoms with Crippen molar-refractivity contribution in [1.82, 2.24) is 0 Å². The molecule has 0 radical (unpaired) electrons. The number of hydrogen-bond acceptors (Lipinski definition) is 0. The van der Waals surface area contributed by atoms with Crippen LogP contribution in [0.4, 0.5) is 0 Å². The molecule has 0 unspecified atom stereocenters. The van der Waals surface area contributed by atoms with Gasteiger partial charge in [0.15, 0.2) is 0 Å². The van der Waals surface area contributed by atoms with E-state index in [4.69, 9.17) is 0 Å². The minimum absolute atomic E-state index is 0.243. The van der Waals surface area contributed by atoms with Crippen molar-refractivity contribution in [3.63, 3.8) is 0 Å². The zero-order valence-electron chi connectivity index (χ0n) is 9.69. The van der Waals surface area contributed by atoms with E-state index in [1.54, 1.807) is 0 Å². The van der Waals surface area contributed by atoms with E-state index in [2.05, 4.69) is 60.7 Å². The highest BCUT2D eigenvalue weighted by atomic mass is 14.4. The van der Waals surface area contributed by atoms with Crippen LogP contribution in [0.3, 0.4) is 0 Å². The van der Waals surface area contributed by atoms with Gasteiger partial charge >= 0.3 is 0 Å². The van der Waals surface area contributed by atoms with Crippen molar-refractivity contribution >= 4 is 0 Å². The van der Waals surface area contributed by atoms with Gasteiger partial charge in [-0.15, -0.1) is 0 Å². The zero-order chi connectivity index (χ0) is 11.3. The van der Waals surface area contributed by atoms with Crippen LogP contribution in [0.1, 0.15) is 24.0 Å². The lowest BCUT2D eigenvalue weighted by molar-refractivity contribution is 0.572. The van der Waals surface area contributed by atoms with Gasteiger partial charge in [0, 0.05) is 5.41 Å². The van der Waals surface area contributed by atoms with E-state index >= 15 is 0 Å². The molecule has 0 saturated heterocycles. The number of rotatable bonds is 0. The molecule has 17 heavy (non-hydrogen) atoms. The molecule has 0 saturated carbocycles. The molecule has 0 aliphatic heterocycles. The summed E-state index contributed by atoms with van der Waals surface area (Å²) in [6, 6.07) is 17.8. The summed E-state index contributed by atoms with van der Waals surface area (Å²) in [5, 5.41) is 0. The average molecular weight is 218 g/mol. The molecule has 2 aliphatic rings. The van der Waals surface area contributed by atoms with Crippen molar-refractivity contribution in [2.45, 2.75) is 18.3 Å². The molecule has 82 valence electrons. The first-order valence-electron chi connectivity index (χ1n) is 6.26. The van der Waals surface area contributed by atoms with E-state index in [0.29, 0.717) is 0 Å². The predicted molar refractivity (Wildman–Crippen MR) is 71.0 cm³/mol. The molecule has 0 heteroatoms. The van der Waals surface area contributed by atoms with Crippen LogP contribution in [0.2, 0.25) is 0 Å².